The Balaban J connectivity index is 2.07. The van der Waals surface area contributed by atoms with E-state index < -0.39 is 5.41 Å². The molecular weight excluding hydrogens is 232 g/mol. The van der Waals surface area contributed by atoms with Crippen molar-refractivity contribution in [1.29, 1.82) is 5.26 Å². The monoisotopic (exact) mass is 248 g/mol. The second-order valence-corrected chi connectivity index (χ2v) is 4.57. The third-order valence-electron chi connectivity index (χ3n) is 3.29. The van der Waals surface area contributed by atoms with Crippen LogP contribution < -0.4 is 0 Å². The molecular formula is C12H16N4O2. The number of nitrogens with zero attached hydrogens (tertiary/aromatic N) is 3. The number of aromatic amines is 1. The van der Waals surface area contributed by atoms with Crippen LogP contribution in [0, 0.1) is 16.7 Å². The summed E-state index contributed by atoms with van der Waals surface area (Å²) >= 11 is 0. The average molecular weight is 248 g/mol. The first-order valence-corrected chi connectivity index (χ1v) is 5.90. The molecule has 6 heteroatoms. The molecule has 0 unspecified atom stereocenters. The maximum Gasteiger partial charge on any atom is 0.243 e. The van der Waals surface area contributed by atoms with Crippen molar-refractivity contribution >= 4 is 5.91 Å². The van der Waals surface area contributed by atoms with Gasteiger partial charge < -0.3 is 9.64 Å². The summed E-state index contributed by atoms with van der Waals surface area (Å²) in [5, 5.41) is 15.9. The van der Waals surface area contributed by atoms with E-state index in [1.54, 1.807) is 24.3 Å². The molecule has 0 saturated carbocycles. The SMILES string of the molecule is CN(Cc1cn[nH]c1)C(=O)C1(C#N)CCOCC1. The normalized spacial score (nSPS) is 18.0. The Morgan fingerprint density at radius 1 is 1.67 bits per heavy atom. The van der Waals surface area contributed by atoms with Gasteiger partial charge in [0.15, 0.2) is 0 Å². The zero-order valence-electron chi connectivity index (χ0n) is 10.3. The van der Waals surface area contributed by atoms with E-state index in [1.165, 1.54) is 0 Å². The summed E-state index contributed by atoms with van der Waals surface area (Å²) in [7, 11) is 1.71. The standard InChI is InChI=1S/C12H16N4O2/c1-16(8-10-6-14-15-7-10)11(17)12(9-13)2-4-18-5-3-12/h6-7H,2-5,8H2,1H3,(H,14,15). The highest BCUT2D eigenvalue weighted by Gasteiger charge is 2.42. The van der Waals surface area contributed by atoms with Crippen molar-refractivity contribution in [2.75, 3.05) is 20.3 Å². The smallest absolute Gasteiger partial charge is 0.243 e. The molecule has 0 atom stereocenters. The van der Waals surface area contributed by atoms with E-state index >= 15 is 0 Å². The Morgan fingerprint density at radius 3 is 2.94 bits per heavy atom. The molecule has 18 heavy (non-hydrogen) atoms. The van der Waals surface area contributed by atoms with E-state index in [0.717, 1.165) is 5.56 Å². The van der Waals surface area contributed by atoms with Gasteiger partial charge in [-0.3, -0.25) is 9.89 Å². The number of H-pyrrole nitrogens is 1. The number of nitriles is 1. The summed E-state index contributed by atoms with van der Waals surface area (Å²) in [6.07, 6.45) is 4.36. The topological polar surface area (TPSA) is 82.0 Å². The van der Waals surface area contributed by atoms with Crippen LogP contribution in [0.15, 0.2) is 12.4 Å². The number of ether oxygens (including phenoxy) is 1. The molecule has 1 aromatic rings. The van der Waals surface area contributed by atoms with Crippen LogP contribution in [-0.2, 0) is 16.1 Å². The first kappa shape index (κ1) is 12.6. The van der Waals surface area contributed by atoms with E-state index in [9.17, 15) is 10.1 Å². The van der Waals surface area contributed by atoms with Gasteiger partial charge in [-0.1, -0.05) is 0 Å². The summed E-state index contributed by atoms with van der Waals surface area (Å²) in [5.41, 5.74) is 0.00232. The van der Waals surface area contributed by atoms with Crippen LogP contribution in [0.25, 0.3) is 0 Å². The van der Waals surface area contributed by atoms with Crippen LogP contribution in [0.2, 0.25) is 0 Å². The lowest BCUT2D eigenvalue weighted by Gasteiger charge is -2.32. The van der Waals surface area contributed by atoms with E-state index in [4.69, 9.17) is 4.74 Å². The second-order valence-electron chi connectivity index (χ2n) is 4.57. The molecule has 0 bridgehead atoms. The van der Waals surface area contributed by atoms with E-state index in [1.807, 2.05) is 0 Å². The number of carbonyl (C=O) groups excluding carboxylic acids is 1. The van der Waals surface area contributed by atoms with Crippen LogP contribution in [0.5, 0.6) is 0 Å². The lowest BCUT2D eigenvalue weighted by atomic mass is 9.80. The van der Waals surface area contributed by atoms with E-state index in [0.29, 0.717) is 32.6 Å². The van der Waals surface area contributed by atoms with Gasteiger partial charge in [-0.2, -0.15) is 10.4 Å². The Morgan fingerprint density at radius 2 is 2.39 bits per heavy atom. The fourth-order valence-corrected chi connectivity index (χ4v) is 2.17. The lowest BCUT2D eigenvalue weighted by molar-refractivity contribution is -0.142. The molecule has 0 aliphatic carbocycles. The van der Waals surface area contributed by atoms with Crippen LogP contribution >= 0.6 is 0 Å². The molecule has 2 rings (SSSR count). The van der Waals surface area contributed by atoms with E-state index in [2.05, 4.69) is 16.3 Å². The van der Waals surface area contributed by atoms with Gasteiger partial charge in [0.1, 0.15) is 5.41 Å². The predicted octanol–water partition coefficient (Wildman–Crippen LogP) is 0.688. The van der Waals surface area contributed by atoms with E-state index in [-0.39, 0.29) is 5.91 Å². The minimum absolute atomic E-state index is 0.130. The molecule has 1 amide bonds. The Labute approximate surface area is 106 Å². The summed E-state index contributed by atoms with van der Waals surface area (Å²) in [6, 6.07) is 2.18. The molecule has 6 nitrogen and oxygen atoms in total. The molecule has 1 fully saturated rings. The van der Waals surface area contributed by atoms with Crippen LogP contribution in [-0.4, -0.2) is 41.3 Å². The predicted molar refractivity (Wildman–Crippen MR) is 63.2 cm³/mol. The van der Waals surface area contributed by atoms with Gasteiger partial charge in [0.25, 0.3) is 0 Å². The number of hydrogen-bond donors (Lipinski definition) is 1. The van der Waals surface area contributed by atoms with Crippen LogP contribution in [0.1, 0.15) is 18.4 Å². The number of aromatic nitrogens is 2. The first-order valence-electron chi connectivity index (χ1n) is 5.90. The second kappa shape index (κ2) is 5.19. The number of nitrogens with one attached hydrogen (secondary N) is 1. The molecule has 1 aliphatic heterocycles. The minimum Gasteiger partial charge on any atom is -0.381 e. The molecule has 1 saturated heterocycles. The van der Waals surface area contributed by atoms with Crippen molar-refractivity contribution in [3.05, 3.63) is 18.0 Å². The molecule has 1 aromatic heterocycles. The fourth-order valence-electron chi connectivity index (χ4n) is 2.17. The highest BCUT2D eigenvalue weighted by molar-refractivity contribution is 5.85. The molecule has 0 radical (unpaired) electrons. The molecule has 2 heterocycles. The third-order valence-corrected chi connectivity index (χ3v) is 3.29. The number of hydrogen-bond acceptors (Lipinski definition) is 4. The Kier molecular flexibility index (Phi) is 3.63. The van der Waals surface area contributed by atoms with Gasteiger partial charge in [-0.15, -0.1) is 0 Å². The molecule has 1 aliphatic rings. The molecule has 0 spiro atoms. The molecule has 96 valence electrons. The first-order chi connectivity index (χ1) is 8.68. The van der Waals surface area contributed by atoms with Gasteiger partial charge in [0.05, 0.1) is 12.3 Å². The van der Waals surface area contributed by atoms with Crippen molar-refractivity contribution in [2.24, 2.45) is 5.41 Å². The number of rotatable bonds is 3. The third kappa shape index (κ3) is 2.36. The van der Waals surface area contributed by atoms with Crippen LogP contribution in [0.3, 0.4) is 0 Å². The highest BCUT2D eigenvalue weighted by Crippen LogP contribution is 2.32. The van der Waals surface area contributed by atoms with Gasteiger partial charge in [-0.05, 0) is 12.8 Å². The summed E-state index contributed by atoms with van der Waals surface area (Å²) in [5.74, 6) is -0.130. The van der Waals surface area contributed by atoms with Crippen molar-refractivity contribution in [1.82, 2.24) is 15.1 Å². The van der Waals surface area contributed by atoms with Gasteiger partial charge in [-0.25, -0.2) is 0 Å². The maximum absolute atomic E-state index is 12.4. The summed E-state index contributed by atoms with van der Waals surface area (Å²) < 4.78 is 5.23. The van der Waals surface area contributed by atoms with Crippen molar-refractivity contribution < 1.29 is 9.53 Å². The average Bonchev–Trinajstić information content (AvgIpc) is 2.91. The number of carbonyl (C=O) groups is 1. The Bertz CT molecular complexity index is 443. The van der Waals surface area contributed by atoms with Crippen LogP contribution in [0.4, 0.5) is 0 Å². The minimum atomic E-state index is -0.920. The zero-order valence-corrected chi connectivity index (χ0v) is 10.3. The van der Waals surface area contributed by atoms with Crippen molar-refractivity contribution in [3.8, 4) is 6.07 Å². The fraction of sp³-hybridized carbons (Fsp3) is 0.583. The highest BCUT2D eigenvalue weighted by atomic mass is 16.5. The summed E-state index contributed by atoms with van der Waals surface area (Å²) in [6.45, 7) is 1.40. The Hall–Kier alpha value is -1.87. The lowest BCUT2D eigenvalue weighted by Crippen LogP contribution is -2.44. The van der Waals surface area contributed by atoms with Gasteiger partial charge in [0.2, 0.25) is 5.91 Å². The zero-order chi connectivity index (χ0) is 13.0. The van der Waals surface area contributed by atoms with Gasteiger partial charge in [0, 0.05) is 38.6 Å². The molecule has 1 N–H and O–H groups in total. The van der Waals surface area contributed by atoms with Crippen molar-refractivity contribution in [3.63, 3.8) is 0 Å². The number of amides is 1. The quantitative estimate of drug-likeness (QED) is 0.853. The largest absolute Gasteiger partial charge is 0.381 e. The summed E-state index contributed by atoms with van der Waals surface area (Å²) in [4.78, 5) is 14.0. The van der Waals surface area contributed by atoms with Gasteiger partial charge >= 0.3 is 0 Å². The molecule has 0 aromatic carbocycles. The maximum atomic E-state index is 12.4. The van der Waals surface area contributed by atoms with Crippen molar-refractivity contribution in [2.45, 2.75) is 19.4 Å².